The molecule has 4 N–H and O–H groups in total. The summed E-state index contributed by atoms with van der Waals surface area (Å²) in [5, 5.41) is 10.4. The fourth-order valence-electron chi connectivity index (χ4n) is 1.84. The summed E-state index contributed by atoms with van der Waals surface area (Å²) < 4.78 is 0. The lowest BCUT2D eigenvalue weighted by Crippen LogP contribution is -2.08. The Morgan fingerprint density at radius 3 is 2.67 bits per heavy atom. The van der Waals surface area contributed by atoms with Gasteiger partial charge in [-0.05, 0) is 20.8 Å². The van der Waals surface area contributed by atoms with Crippen LogP contribution in [-0.2, 0) is 13.1 Å². The van der Waals surface area contributed by atoms with Gasteiger partial charge in [0.1, 0.15) is 11.6 Å². The Hall–Kier alpha value is -1.95. The molecular formula is C12H18N6. The van der Waals surface area contributed by atoms with Crippen molar-refractivity contribution >= 4 is 5.82 Å². The van der Waals surface area contributed by atoms with Gasteiger partial charge in [-0.25, -0.2) is 9.97 Å². The average Bonchev–Trinajstić information content (AvgIpc) is 2.66. The smallest absolute Gasteiger partial charge is 0.130 e. The van der Waals surface area contributed by atoms with Crippen LogP contribution in [0.3, 0.4) is 0 Å². The molecule has 0 amide bonds. The zero-order chi connectivity index (χ0) is 13.1. The lowest BCUT2D eigenvalue weighted by molar-refractivity contribution is 0.920. The number of aromatic nitrogens is 4. The first kappa shape index (κ1) is 12.5. The third-order valence-corrected chi connectivity index (χ3v) is 2.83. The third-order valence-electron chi connectivity index (χ3n) is 2.83. The zero-order valence-electron chi connectivity index (χ0n) is 10.9. The van der Waals surface area contributed by atoms with Gasteiger partial charge in [-0.3, -0.25) is 5.10 Å². The fourth-order valence-corrected chi connectivity index (χ4v) is 1.84. The molecule has 18 heavy (non-hydrogen) atoms. The summed E-state index contributed by atoms with van der Waals surface area (Å²) in [4.78, 5) is 8.57. The minimum atomic E-state index is 0.418. The largest absolute Gasteiger partial charge is 0.366 e. The number of H-pyrrole nitrogens is 1. The lowest BCUT2D eigenvalue weighted by Gasteiger charge is -2.08. The van der Waals surface area contributed by atoms with E-state index in [4.69, 9.17) is 5.73 Å². The average molecular weight is 246 g/mol. The highest BCUT2D eigenvalue weighted by Crippen LogP contribution is 2.12. The van der Waals surface area contributed by atoms with Crippen LogP contribution in [0.5, 0.6) is 0 Å². The van der Waals surface area contributed by atoms with Crippen LogP contribution in [0.1, 0.15) is 28.5 Å². The lowest BCUT2D eigenvalue weighted by atomic mass is 10.2. The molecule has 6 heteroatoms. The highest BCUT2D eigenvalue weighted by Gasteiger charge is 2.07. The van der Waals surface area contributed by atoms with Gasteiger partial charge in [0, 0.05) is 30.4 Å². The molecule has 0 aliphatic carbocycles. The molecule has 2 rings (SSSR count). The van der Waals surface area contributed by atoms with Crippen molar-refractivity contribution in [3.63, 3.8) is 0 Å². The Bertz CT molecular complexity index is 526. The molecule has 0 unspecified atom stereocenters. The van der Waals surface area contributed by atoms with Gasteiger partial charge in [0.05, 0.1) is 11.4 Å². The van der Waals surface area contributed by atoms with Crippen molar-refractivity contribution in [3.8, 4) is 0 Å². The Kier molecular flexibility index (Phi) is 3.57. The van der Waals surface area contributed by atoms with E-state index < -0.39 is 0 Å². The second-order valence-electron chi connectivity index (χ2n) is 4.26. The summed E-state index contributed by atoms with van der Waals surface area (Å²) in [6, 6.07) is 1.87. The Labute approximate surface area is 106 Å². The van der Waals surface area contributed by atoms with Crippen molar-refractivity contribution in [2.24, 2.45) is 5.73 Å². The van der Waals surface area contributed by atoms with Crippen molar-refractivity contribution in [2.75, 3.05) is 5.32 Å². The van der Waals surface area contributed by atoms with E-state index in [1.807, 2.05) is 26.8 Å². The Morgan fingerprint density at radius 2 is 2.06 bits per heavy atom. The molecule has 0 aromatic carbocycles. The van der Waals surface area contributed by atoms with Crippen LogP contribution in [0, 0.1) is 20.8 Å². The number of rotatable bonds is 4. The van der Waals surface area contributed by atoms with E-state index in [0.29, 0.717) is 13.1 Å². The molecule has 0 radical (unpaired) electrons. The van der Waals surface area contributed by atoms with Crippen molar-refractivity contribution in [2.45, 2.75) is 33.9 Å². The molecule has 0 atom stereocenters. The standard InChI is InChI=1S/C12H18N6/c1-7-11(8(2)18-17-7)6-14-12-4-10(5-13)15-9(3)16-12/h4H,5-6,13H2,1-3H3,(H,17,18)(H,14,15,16). The van der Waals surface area contributed by atoms with E-state index in [-0.39, 0.29) is 0 Å². The quantitative estimate of drug-likeness (QED) is 0.753. The highest BCUT2D eigenvalue weighted by atomic mass is 15.1. The normalized spacial score (nSPS) is 10.7. The molecule has 2 aromatic heterocycles. The molecule has 0 saturated carbocycles. The number of nitrogens with two attached hydrogens (primary N) is 1. The second-order valence-corrected chi connectivity index (χ2v) is 4.26. The van der Waals surface area contributed by atoms with E-state index in [2.05, 4.69) is 25.5 Å². The summed E-state index contributed by atoms with van der Waals surface area (Å²) in [5.74, 6) is 1.52. The second kappa shape index (κ2) is 5.14. The van der Waals surface area contributed by atoms with Crippen molar-refractivity contribution < 1.29 is 0 Å². The van der Waals surface area contributed by atoms with E-state index in [9.17, 15) is 0 Å². The van der Waals surface area contributed by atoms with Crippen LogP contribution in [0.25, 0.3) is 0 Å². The van der Waals surface area contributed by atoms with Gasteiger partial charge in [0.2, 0.25) is 0 Å². The molecule has 0 bridgehead atoms. The summed E-state index contributed by atoms with van der Waals surface area (Å²) in [5.41, 5.74) is 9.68. The van der Waals surface area contributed by atoms with Gasteiger partial charge in [0.25, 0.3) is 0 Å². The SMILES string of the molecule is Cc1nc(CN)cc(NCc2c(C)n[nH]c2C)n1. The number of hydrogen-bond donors (Lipinski definition) is 3. The number of hydrogen-bond acceptors (Lipinski definition) is 5. The molecule has 0 saturated heterocycles. The van der Waals surface area contributed by atoms with Crippen molar-refractivity contribution in [3.05, 3.63) is 34.5 Å². The van der Waals surface area contributed by atoms with Crippen LogP contribution in [0.4, 0.5) is 5.82 Å². The van der Waals surface area contributed by atoms with E-state index >= 15 is 0 Å². The third kappa shape index (κ3) is 2.65. The summed E-state index contributed by atoms with van der Waals surface area (Å²) in [6.07, 6.45) is 0. The number of anilines is 1. The van der Waals surface area contributed by atoms with E-state index in [1.54, 1.807) is 0 Å². The number of nitrogens with zero attached hydrogens (tertiary/aromatic N) is 3. The molecule has 2 heterocycles. The topological polar surface area (TPSA) is 92.5 Å². The molecule has 0 fully saturated rings. The number of aryl methyl sites for hydroxylation is 3. The van der Waals surface area contributed by atoms with Crippen LogP contribution in [-0.4, -0.2) is 20.2 Å². The maximum atomic E-state index is 5.59. The first-order valence-corrected chi connectivity index (χ1v) is 5.89. The fraction of sp³-hybridized carbons (Fsp3) is 0.417. The minimum Gasteiger partial charge on any atom is -0.366 e. The van der Waals surface area contributed by atoms with Crippen LogP contribution in [0.2, 0.25) is 0 Å². The predicted octanol–water partition coefficient (Wildman–Crippen LogP) is 1.20. The van der Waals surface area contributed by atoms with Gasteiger partial charge in [-0.1, -0.05) is 0 Å². The van der Waals surface area contributed by atoms with Crippen LogP contribution >= 0.6 is 0 Å². The first-order chi connectivity index (χ1) is 8.60. The van der Waals surface area contributed by atoms with Gasteiger partial charge in [-0.2, -0.15) is 5.10 Å². The Morgan fingerprint density at radius 1 is 1.28 bits per heavy atom. The zero-order valence-corrected chi connectivity index (χ0v) is 10.9. The molecular weight excluding hydrogens is 228 g/mol. The molecule has 6 nitrogen and oxygen atoms in total. The molecule has 0 aliphatic rings. The van der Waals surface area contributed by atoms with Crippen LogP contribution < -0.4 is 11.1 Å². The molecule has 2 aromatic rings. The van der Waals surface area contributed by atoms with Gasteiger partial charge < -0.3 is 11.1 Å². The molecule has 96 valence electrons. The van der Waals surface area contributed by atoms with Gasteiger partial charge >= 0.3 is 0 Å². The minimum absolute atomic E-state index is 0.418. The summed E-state index contributed by atoms with van der Waals surface area (Å²) >= 11 is 0. The number of aromatic amines is 1. The van der Waals surface area contributed by atoms with E-state index in [0.717, 1.165) is 28.7 Å². The van der Waals surface area contributed by atoms with Gasteiger partial charge in [0.15, 0.2) is 0 Å². The first-order valence-electron chi connectivity index (χ1n) is 5.89. The Balaban J connectivity index is 2.13. The molecule has 0 aliphatic heterocycles. The maximum Gasteiger partial charge on any atom is 0.130 e. The maximum absolute atomic E-state index is 5.59. The monoisotopic (exact) mass is 246 g/mol. The highest BCUT2D eigenvalue weighted by molar-refractivity contribution is 5.38. The predicted molar refractivity (Wildman–Crippen MR) is 70.0 cm³/mol. The summed E-state index contributed by atoms with van der Waals surface area (Å²) in [6.45, 7) is 6.96. The van der Waals surface area contributed by atoms with Crippen molar-refractivity contribution in [1.82, 2.24) is 20.2 Å². The van der Waals surface area contributed by atoms with Gasteiger partial charge in [-0.15, -0.1) is 0 Å². The van der Waals surface area contributed by atoms with Crippen molar-refractivity contribution in [1.29, 1.82) is 0 Å². The van der Waals surface area contributed by atoms with E-state index in [1.165, 1.54) is 5.56 Å². The summed E-state index contributed by atoms with van der Waals surface area (Å²) in [7, 11) is 0. The molecule has 0 spiro atoms. The van der Waals surface area contributed by atoms with Crippen LogP contribution in [0.15, 0.2) is 6.07 Å². The number of nitrogens with one attached hydrogen (secondary N) is 2.